The van der Waals surface area contributed by atoms with Gasteiger partial charge in [0.1, 0.15) is 60.9 Å². The molecule has 72 heavy (non-hydrogen) atoms. The number of benzene rings is 10. The minimum absolute atomic E-state index is 0.0726. The van der Waals surface area contributed by atoms with Gasteiger partial charge in [-0.25, -0.2) is 0 Å². The molecule has 0 saturated carbocycles. The molecule has 0 saturated heterocycles. The minimum Gasteiger partial charge on any atom is -0.507 e. The van der Waals surface area contributed by atoms with Crippen LogP contribution in [0, 0.1) is 0 Å². The van der Waals surface area contributed by atoms with Gasteiger partial charge in [0.15, 0.2) is 0 Å². The van der Waals surface area contributed by atoms with Gasteiger partial charge in [-0.2, -0.15) is 0 Å². The lowest BCUT2D eigenvalue weighted by Crippen LogP contribution is -2.01. The summed E-state index contributed by atoms with van der Waals surface area (Å²) in [5, 5.41) is 26.3. The smallest absolute Gasteiger partial charge is 0.124 e. The van der Waals surface area contributed by atoms with Crippen molar-refractivity contribution in [2.24, 2.45) is 0 Å². The Hall–Kier alpha value is -8.56. The van der Waals surface area contributed by atoms with Crippen molar-refractivity contribution in [3.05, 3.63) is 263 Å². The number of hydrogen-bond acceptors (Lipinski definition) is 8. The summed E-state index contributed by atoms with van der Waals surface area (Å²) in [6, 6.07) is 71.3. The number of rotatable bonds is 21. The fourth-order valence-electron chi connectivity index (χ4n) is 8.74. The van der Waals surface area contributed by atoms with Crippen LogP contribution in [0.15, 0.2) is 218 Å². The fraction of sp³-hybridized carbons (Fsp3) is 0.125. The Labute approximate surface area is 419 Å². The molecular weight excluding hydrogens is 897 g/mol. The Kier molecular flexibility index (Phi) is 15.0. The summed E-state index contributed by atoms with van der Waals surface area (Å²) in [6.07, 6.45) is 0. The third-order valence-electron chi connectivity index (χ3n) is 12.3. The second-order valence-corrected chi connectivity index (χ2v) is 17.7. The van der Waals surface area contributed by atoms with Gasteiger partial charge in [-0.3, -0.25) is 0 Å². The Morgan fingerprint density at radius 2 is 0.556 bits per heavy atom. The third-order valence-corrected chi connectivity index (χ3v) is 12.3. The number of fused-ring (bicyclic) bond motifs is 2. The summed E-state index contributed by atoms with van der Waals surface area (Å²) in [7, 11) is 0. The van der Waals surface area contributed by atoms with Gasteiger partial charge in [0.25, 0.3) is 0 Å². The second kappa shape index (κ2) is 22.9. The van der Waals surface area contributed by atoms with Crippen LogP contribution in [-0.2, 0) is 62.3 Å². The molecule has 0 heterocycles. The molecule has 0 spiro atoms. The predicted molar refractivity (Wildman–Crippen MR) is 283 cm³/mol. The monoisotopic (exact) mass is 950 g/mol. The molecule has 10 aromatic rings. The van der Waals surface area contributed by atoms with E-state index in [-0.39, 0.29) is 11.5 Å². The summed E-state index contributed by atoms with van der Waals surface area (Å²) in [5.41, 5.74) is 9.19. The standard InChI is InChI=1S/C64H54O8/c65-61-27-23-53-29-49(37-67-39-51-31-55(69-41-45-13-5-1-6-14-45)35-56(32-51)70-42-46-15-7-2-8-16-46)21-25-59(53)63(61)64-60-26-22-50(30-54(60)24-28-62(64)66)38-68-40-52-33-57(71-43-47-17-9-3-10-18-47)36-58(34-52)72-44-48-19-11-4-12-20-48/h1-36,65-66H,37-44H2. The first-order chi connectivity index (χ1) is 35.5. The molecule has 0 fully saturated rings. The molecule has 0 aromatic heterocycles. The summed E-state index contributed by atoms with van der Waals surface area (Å²) in [6.45, 7) is 3.10. The van der Waals surface area contributed by atoms with Crippen molar-refractivity contribution in [3.8, 4) is 45.6 Å². The van der Waals surface area contributed by atoms with Crippen LogP contribution in [0.25, 0.3) is 32.7 Å². The van der Waals surface area contributed by atoms with E-state index in [0.29, 0.717) is 87.0 Å². The van der Waals surface area contributed by atoms with Gasteiger partial charge in [0.2, 0.25) is 0 Å². The van der Waals surface area contributed by atoms with Crippen LogP contribution in [0.5, 0.6) is 34.5 Å². The topological polar surface area (TPSA) is 95.8 Å². The molecule has 10 aromatic carbocycles. The molecule has 2 N–H and O–H groups in total. The number of ether oxygens (including phenoxy) is 6. The first-order valence-electron chi connectivity index (χ1n) is 24.1. The van der Waals surface area contributed by atoms with Crippen LogP contribution in [0.2, 0.25) is 0 Å². The van der Waals surface area contributed by atoms with Crippen molar-refractivity contribution in [1.82, 2.24) is 0 Å². The SMILES string of the molecule is Oc1ccc2cc(COCc3cc(OCc4ccccc4)cc(OCc4ccccc4)c3)ccc2c1-c1c(O)ccc2cc(COCc3cc(OCc4ccccc4)cc(OCc4ccccc4)c3)ccc12. The van der Waals surface area contributed by atoms with E-state index in [0.717, 1.165) is 66.1 Å². The molecule has 10 rings (SSSR count). The van der Waals surface area contributed by atoms with Crippen LogP contribution < -0.4 is 18.9 Å². The first-order valence-corrected chi connectivity index (χ1v) is 24.1. The summed E-state index contributed by atoms with van der Waals surface area (Å²) in [4.78, 5) is 0. The maximum absolute atomic E-state index is 11.4. The summed E-state index contributed by atoms with van der Waals surface area (Å²) < 4.78 is 37.5. The largest absolute Gasteiger partial charge is 0.507 e. The molecule has 0 aliphatic carbocycles. The predicted octanol–water partition coefficient (Wildman–Crippen LogP) is 14.8. The molecule has 0 aliphatic heterocycles. The second-order valence-electron chi connectivity index (χ2n) is 17.7. The average Bonchev–Trinajstić information content (AvgIpc) is 3.42. The van der Waals surface area contributed by atoms with E-state index in [9.17, 15) is 10.2 Å². The fourth-order valence-corrected chi connectivity index (χ4v) is 8.74. The highest BCUT2D eigenvalue weighted by Gasteiger charge is 2.18. The molecular formula is C64H54O8. The Balaban J connectivity index is 0.820. The average molecular weight is 951 g/mol. The van der Waals surface area contributed by atoms with Crippen LogP contribution >= 0.6 is 0 Å². The first kappa shape index (κ1) is 47.1. The van der Waals surface area contributed by atoms with E-state index in [2.05, 4.69) is 12.1 Å². The quantitative estimate of drug-likeness (QED) is 0.0735. The normalized spacial score (nSPS) is 11.2. The van der Waals surface area contributed by atoms with Crippen molar-refractivity contribution in [3.63, 3.8) is 0 Å². The van der Waals surface area contributed by atoms with Crippen molar-refractivity contribution in [2.45, 2.75) is 52.9 Å². The number of aromatic hydroxyl groups is 2. The third kappa shape index (κ3) is 12.2. The van der Waals surface area contributed by atoms with Gasteiger partial charge in [-0.1, -0.05) is 158 Å². The minimum atomic E-state index is 0.0726. The maximum Gasteiger partial charge on any atom is 0.124 e. The van der Waals surface area contributed by atoms with E-state index >= 15 is 0 Å². The van der Waals surface area contributed by atoms with Crippen LogP contribution in [-0.4, -0.2) is 10.2 Å². The Morgan fingerprint density at radius 3 is 0.875 bits per heavy atom. The van der Waals surface area contributed by atoms with Gasteiger partial charge >= 0.3 is 0 Å². The van der Waals surface area contributed by atoms with Crippen LogP contribution in [0.1, 0.15) is 44.5 Å². The zero-order chi connectivity index (χ0) is 48.9. The van der Waals surface area contributed by atoms with E-state index in [1.807, 2.05) is 194 Å². The highest BCUT2D eigenvalue weighted by Crippen LogP contribution is 2.45. The maximum atomic E-state index is 11.4. The van der Waals surface area contributed by atoms with Gasteiger partial charge < -0.3 is 38.6 Å². The van der Waals surface area contributed by atoms with Gasteiger partial charge in [-0.05, 0) is 115 Å². The molecule has 0 aliphatic rings. The summed E-state index contributed by atoms with van der Waals surface area (Å²) >= 11 is 0. The number of phenolic OH excluding ortho intramolecular Hbond substituents is 2. The Bertz CT molecular complexity index is 3030. The van der Waals surface area contributed by atoms with E-state index in [4.69, 9.17) is 28.4 Å². The van der Waals surface area contributed by atoms with Crippen molar-refractivity contribution in [2.75, 3.05) is 0 Å². The van der Waals surface area contributed by atoms with Crippen LogP contribution in [0.3, 0.4) is 0 Å². The lowest BCUT2D eigenvalue weighted by molar-refractivity contribution is 0.107. The highest BCUT2D eigenvalue weighted by molar-refractivity contribution is 6.09. The van der Waals surface area contributed by atoms with Crippen molar-refractivity contribution in [1.29, 1.82) is 0 Å². The number of phenols is 2. The zero-order valence-electron chi connectivity index (χ0n) is 39.8. The van der Waals surface area contributed by atoms with E-state index in [1.54, 1.807) is 12.1 Å². The van der Waals surface area contributed by atoms with Gasteiger partial charge in [-0.15, -0.1) is 0 Å². The molecule has 0 amide bonds. The lowest BCUT2D eigenvalue weighted by atomic mass is 9.91. The van der Waals surface area contributed by atoms with Gasteiger partial charge in [0, 0.05) is 23.3 Å². The van der Waals surface area contributed by atoms with E-state index < -0.39 is 0 Å². The van der Waals surface area contributed by atoms with Gasteiger partial charge in [0.05, 0.1) is 26.4 Å². The highest BCUT2D eigenvalue weighted by atomic mass is 16.5. The lowest BCUT2D eigenvalue weighted by Gasteiger charge is -2.16. The molecule has 0 atom stereocenters. The molecule has 0 radical (unpaired) electrons. The number of hydrogen-bond donors (Lipinski definition) is 2. The van der Waals surface area contributed by atoms with Crippen molar-refractivity contribution < 1.29 is 38.6 Å². The zero-order valence-corrected chi connectivity index (χ0v) is 39.8. The molecule has 0 unspecified atom stereocenters. The van der Waals surface area contributed by atoms with Crippen LogP contribution in [0.4, 0.5) is 0 Å². The molecule has 8 heteroatoms. The Morgan fingerprint density at radius 1 is 0.250 bits per heavy atom. The van der Waals surface area contributed by atoms with Crippen molar-refractivity contribution >= 4 is 21.5 Å². The molecule has 0 bridgehead atoms. The summed E-state index contributed by atoms with van der Waals surface area (Å²) in [5.74, 6) is 2.94. The van der Waals surface area contributed by atoms with E-state index in [1.165, 1.54) is 0 Å². The molecule has 358 valence electrons. The molecule has 8 nitrogen and oxygen atoms in total.